The Bertz CT molecular complexity index is 919. The third-order valence-corrected chi connectivity index (χ3v) is 4.60. The maximum Gasteiger partial charge on any atom is 0.408 e. The summed E-state index contributed by atoms with van der Waals surface area (Å²) in [6.07, 6.45) is -0.834. The predicted molar refractivity (Wildman–Crippen MR) is 124 cm³/mol. The number of hydrogen-bond donors (Lipinski definition) is 2. The fraction of sp³-hybridized carbons (Fsp3) is 0.542. The van der Waals surface area contributed by atoms with E-state index in [1.807, 2.05) is 6.07 Å². The van der Waals surface area contributed by atoms with Gasteiger partial charge in [0, 0.05) is 6.54 Å². The van der Waals surface area contributed by atoms with E-state index in [0.29, 0.717) is 5.56 Å². The number of esters is 1. The molecule has 0 aliphatic heterocycles. The molecule has 0 aliphatic carbocycles. The number of nitrogens with one attached hydrogen (secondary N) is 2. The first kappa shape index (κ1) is 28.4. The highest BCUT2D eigenvalue weighted by Crippen LogP contribution is 2.25. The van der Waals surface area contributed by atoms with Gasteiger partial charge in [-0.2, -0.15) is 5.26 Å². The molecule has 1 rings (SSSR count). The Morgan fingerprint density at radius 2 is 1.82 bits per heavy atom. The minimum Gasteiger partial charge on any atom is -0.466 e. The minimum atomic E-state index is -1.15. The number of ether oxygens (including phenoxy) is 2. The van der Waals surface area contributed by atoms with E-state index < -0.39 is 48.1 Å². The molecule has 1 aromatic carbocycles. The molecular weight excluding hydrogens is 440 g/mol. The number of rotatable bonds is 10. The molecule has 0 saturated heterocycles. The van der Waals surface area contributed by atoms with Crippen molar-refractivity contribution in [1.82, 2.24) is 15.5 Å². The van der Waals surface area contributed by atoms with Gasteiger partial charge < -0.3 is 25.0 Å². The van der Waals surface area contributed by atoms with E-state index in [1.165, 1.54) is 6.92 Å². The van der Waals surface area contributed by atoms with Crippen molar-refractivity contribution >= 4 is 23.9 Å². The normalized spacial score (nSPS) is 12.5. The van der Waals surface area contributed by atoms with Crippen molar-refractivity contribution in [3.8, 4) is 6.07 Å². The summed E-state index contributed by atoms with van der Waals surface area (Å²) in [5, 5.41) is 14.5. The van der Waals surface area contributed by atoms with Crippen molar-refractivity contribution in [2.24, 2.45) is 0 Å². The third kappa shape index (κ3) is 9.10. The van der Waals surface area contributed by atoms with Crippen molar-refractivity contribution in [3.63, 3.8) is 0 Å². The molecule has 0 spiro atoms. The molecule has 0 fully saturated rings. The first-order valence-electron chi connectivity index (χ1n) is 11.1. The fourth-order valence-corrected chi connectivity index (χ4v) is 3.13. The average Bonchev–Trinajstić information content (AvgIpc) is 2.72. The Balaban J connectivity index is 3.19. The zero-order chi connectivity index (χ0) is 25.9. The number of carbonyl (C=O) groups excluding carboxylic acids is 4. The number of nitriles is 1. The third-order valence-electron chi connectivity index (χ3n) is 4.60. The average molecular weight is 475 g/mol. The molecule has 0 aromatic heterocycles. The number of aryl methyl sites for hydroxylation is 1. The Labute approximate surface area is 200 Å². The monoisotopic (exact) mass is 474 g/mol. The molecule has 0 radical (unpaired) electrons. The molecule has 2 N–H and O–H groups in total. The van der Waals surface area contributed by atoms with Crippen LogP contribution in [-0.4, -0.2) is 60.1 Å². The highest BCUT2D eigenvalue weighted by atomic mass is 16.6. The van der Waals surface area contributed by atoms with Crippen LogP contribution in [0.25, 0.3) is 0 Å². The van der Waals surface area contributed by atoms with E-state index in [1.54, 1.807) is 58.9 Å². The summed E-state index contributed by atoms with van der Waals surface area (Å²) >= 11 is 0. The molecule has 186 valence electrons. The van der Waals surface area contributed by atoms with Crippen LogP contribution in [0.3, 0.4) is 0 Å². The standard InChI is InChI=1S/C24H34N4O6/c1-7-33-19(29)12-14-26-21(30)20(18-11-9-8-10-16(18)2)28(15-13-25)22(31)17(3)27-23(32)34-24(4,5)6/h8-11,17,20H,7,12,14-15H2,1-6H3,(H,26,30)(H,27,32). The predicted octanol–water partition coefficient (Wildman–Crippen LogP) is 2.37. The van der Waals surface area contributed by atoms with Crippen molar-refractivity contribution in [2.45, 2.75) is 65.6 Å². The van der Waals surface area contributed by atoms with Crippen molar-refractivity contribution in [1.29, 1.82) is 5.26 Å². The maximum atomic E-state index is 13.3. The SMILES string of the molecule is CCOC(=O)CCNC(=O)C(c1ccccc1C)N(CC#N)C(=O)C(C)NC(=O)OC(C)(C)C. The molecule has 34 heavy (non-hydrogen) atoms. The smallest absolute Gasteiger partial charge is 0.408 e. The van der Waals surface area contributed by atoms with Crippen LogP contribution in [0.1, 0.15) is 58.2 Å². The molecule has 0 bridgehead atoms. The lowest BCUT2D eigenvalue weighted by molar-refractivity contribution is -0.144. The van der Waals surface area contributed by atoms with Gasteiger partial charge in [0.1, 0.15) is 24.2 Å². The van der Waals surface area contributed by atoms with Gasteiger partial charge in [-0.3, -0.25) is 14.4 Å². The fourth-order valence-electron chi connectivity index (χ4n) is 3.13. The van der Waals surface area contributed by atoms with E-state index >= 15 is 0 Å². The van der Waals surface area contributed by atoms with Gasteiger partial charge in [-0.25, -0.2) is 4.79 Å². The van der Waals surface area contributed by atoms with Gasteiger partial charge in [0.15, 0.2) is 0 Å². The first-order chi connectivity index (χ1) is 15.9. The zero-order valence-electron chi connectivity index (χ0n) is 20.6. The Morgan fingerprint density at radius 3 is 2.38 bits per heavy atom. The molecule has 10 heteroatoms. The number of alkyl carbamates (subject to hydrolysis) is 1. The highest BCUT2D eigenvalue weighted by Gasteiger charge is 2.35. The van der Waals surface area contributed by atoms with Gasteiger partial charge in [0.05, 0.1) is 19.1 Å². The van der Waals surface area contributed by atoms with E-state index in [4.69, 9.17) is 9.47 Å². The highest BCUT2D eigenvalue weighted by molar-refractivity contribution is 5.92. The van der Waals surface area contributed by atoms with Crippen molar-refractivity contribution in [3.05, 3.63) is 35.4 Å². The minimum absolute atomic E-state index is 0.000341. The lowest BCUT2D eigenvalue weighted by atomic mass is 9.98. The maximum absolute atomic E-state index is 13.3. The van der Waals surface area contributed by atoms with Crippen LogP contribution >= 0.6 is 0 Å². The van der Waals surface area contributed by atoms with Crippen molar-refractivity contribution in [2.75, 3.05) is 19.7 Å². The molecule has 0 heterocycles. The summed E-state index contributed by atoms with van der Waals surface area (Å²) in [6.45, 7) is 9.81. The summed E-state index contributed by atoms with van der Waals surface area (Å²) in [5.74, 6) is -1.66. The van der Waals surface area contributed by atoms with Gasteiger partial charge in [0.25, 0.3) is 0 Å². The second kappa shape index (κ2) is 13.2. The van der Waals surface area contributed by atoms with Gasteiger partial charge in [-0.1, -0.05) is 24.3 Å². The zero-order valence-corrected chi connectivity index (χ0v) is 20.6. The lowest BCUT2D eigenvalue weighted by Gasteiger charge is -2.32. The van der Waals surface area contributed by atoms with E-state index in [-0.39, 0.29) is 19.6 Å². The quantitative estimate of drug-likeness (QED) is 0.392. The molecule has 3 amide bonds. The van der Waals surface area contributed by atoms with Crippen molar-refractivity contribution < 1.29 is 28.7 Å². The number of amides is 3. The number of carbonyl (C=O) groups is 4. The number of benzene rings is 1. The van der Waals surface area contributed by atoms with E-state index in [2.05, 4.69) is 10.6 Å². The van der Waals surface area contributed by atoms with Gasteiger partial charge >= 0.3 is 12.1 Å². The summed E-state index contributed by atoms with van der Waals surface area (Å²) in [7, 11) is 0. The van der Waals surface area contributed by atoms with Crippen LogP contribution in [0, 0.1) is 18.3 Å². The van der Waals surface area contributed by atoms with Gasteiger partial charge in [-0.05, 0) is 52.7 Å². The van der Waals surface area contributed by atoms with Crippen LogP contribution in [0.5, 0.6) is 0 Å². The second-order valence-corrected chi connectivity index (χ2v) is 8.60. The first-order valence-corrected chi connectivity index (χ1v) is 11.1. The lowest BCUT2D eigenvalue weighted by Crippen LogP contribution is -2.52. The molecule has 1 aromatic rings. The largest absolute Gasteiger partial charge is 0.466 e. The van der Waals surface area contributed by atoms with Crippen LogP contribution in [0.4, 0.5) is 4.79 Å². The van der Waals surface area contributed by atoms with Crippen LogP contribution in [0.15, 0.2) is 24.3 Å². The van der Waals surface area contributed by atoms with Crippen LogP contribution < -0.4 is 10.6 Å². The molecule has 2 unspecified atom stereocenters. The summed E-state index contributed by atoms with van der Waals surface area (Å²) in [5.41, 5.74) is 0.488. The topological polar surface area (TPSA) is 138 Å². The molecule has 0 saturated carbocycles. The van der Waals surface area contributed by atoms with Crippen LogP contribution in [0.2, 0.25) is 0 Å². The number of hydrogen-bond acceptors (Lipinski definition) is 7. The molecular formula is C24H34N4O6. The molecule has 2 atom stereocenters. The Hall–Kier alpha value is -3.61. The second-order valence-electron chi connectivity index (χ2n) is 8.60. The molecule has 10 nitrogen and oxygen atoms in total. The van der Waals surface area contributed by atoms with E-state index in [9.17, 15) is 24.4 Å². The summed E-state index contributed by atoms with van der Waals surface area (Å²) < 4.78 is 10.1. The van der Waals surface area contributed by atoms with Crippen LogP contribution in [-0.2, 0) is 23.9 Å². The summed E-state index contributed by atoms with van der Waals surface area (Å²) in [6, 6.07) is 6.68. The number of nitrogens with zero attached hydrogens (tertiary/aromatic N) is 2. The Morgan fingerprint density at radius 1 is 1.18 bits per heavy atom. The van der Waals surface area contributed by atoms with Gasteiger partial charge in [-0.15, -0.1) is 0 Å². The van der Waals surface area contributed by atoms with Gasteiger partial charge in [0.2, 0.25) is 11.8 Å². The summed E-state index contributed by atoms with van der Waals surface area (Å²) in [4.78, 5) is 51.4. The van der Waals surface area contributed by atoms with E-state index in [0.717, 1.165) is 10.5 Å². The molecule has 0 aliphatic rings. The Kier molecular flexibility index (Phi) is 11.0.